The standard InChI is InChI=1S/C25H22N2O2/c1-17-23(18-9-5-4-6-10-18)21-11-7-8-12-22(21)26-24(17)25(28)27(2)19-13-15-20(29-3)16-14-19/h4-16H,1-3H3. The Labute approximate surface area is 170 Å². The molecule has 0 saturated carbocycles. The number of hydrogen-bond donors (Lipinski definition) is 0. The molecule has 1 amide bonds. The number of ether oxygens (including phenoxy) is 1. The van der Waals surface area contributed by atoms with Gasteiger partial charge in [0.1, 0.15) is 11.4 Å². The SMILES string of the molecule is COc1ccc(N(C)C(=O)c2nc3ccccc3c(-c3ccccc3)c2C)cc1. The third kappa shape index (κ3) is 3.45. The molecule has 0 unspecified atom stereocenters. The van der Waals surface area contributed by atoms with Crippen molar-refractivity contribution in [1.82, 2.24) is 4.98 Å². The highest BCUT2D eigenvalue weighted by Crippen LogP contribution is 2.33. The van der Waals surface area contributed by atoms with E-state index in [0.29, 0.717) is 5.69 Å². The van der Waals surface area contributed by atoms with Gasteiger partial charge in [0, 0.05) is 18.1 Å². The van der Waals surface area contributed by atoms with Gasteiger partial charge >= 0.3 is 0 Å². The van der Waals surface area contributed by atoms with E-state index in [-0.39, 0.29) is 5.91 Å². The molecule has 4 heteroatoms. The molecule has 0 spiro atoms. The molecule has 144 valence electrons. The summed E-state index contributed by atoms with van der Waals surface area (Å²) in [5.74, 6) is 0.608. The van der Waals surface area contributed by atoms with Crippen molar-refractivity contribution in [2.75, 3.05) is 19.1 Å². The molecule has 4 rings (SSSR count). The fourth-order valence-electron chi connectivity index (χ4n) is 3.57. The third-order valence-corrected chi connectivity index (χ3v) is 5.17. The van der Waals surface area contributed by atoms with Gasteiger partial charge in [-0.15, -0.1) is 0 Å². The number of anilines is 1. The van der Waals surface area contributed by atoms with Crippen LogP contribution >= 0.6 is 0 Å². The minimum absolute atomic E-state index is 0.143. The van der Waals surface area contributed by atoms with Crippen LogP contribution in [-0.4, -0.2) is 25.0 Å². The fourth-order valence-corrected chi connectivity index (χ4v) is 3.57. The zero-order valence-electron chi connectivity index (χ0n) is 16.7. The highest BCUT2D eigenvalue weighted by Gasteiger charge is 2.22. The zero-order valence-corrected chi connectivity index (χ0v) is 16.7. The molecule has 4 nitrogen and oxygen atoms in total. The molecule has 0 N–H and O–H groups in total. The van der Waals surface area contributed by atoms with E-state index in [1.165, 1.54) is 0 Å². The van der Waals surface area contributed by atoms with E-state index in [2.05, 4.69) is 18.2 Å². The number of amides is 1. The predicted molar refractivity (Wildman–Crippen MR) is 118 cm³/mol. The second kappa shape index (κ2) is 7.76. The summed E-state index contributed by atoms with van der Waals surface area (Å²) in [5, 5.41) is 1.04. The molecule has 29 heavy (non-hydrogen) atoms. The van der Waals surface area contributed by atoms with Crippen LogP contribution in [-0.2, 0) is 0 Å². The molecule has 0 saturated heterocycles. The van der Waals surface area contributed by atoms with Crippen molar-refractivity contribution < 1.29 is 9.53 Å². The summed E-state index contributed by atoms with van der Waals surface area (Å²) in [6.45, 7) is 1.97. The van der Waals surface area contributed by atoms with Crippen molar-refractivity contribution >= 4 is 22.5 Å². The Morgan fingerprint density at radius 2 is 1.55 bits per heavy atom. The molecule has 0 aliphatic carbocycles. The fraction of sp³-hybridized carbons (Fsp3) is 0.120. The van der Waals surface area contributed by atoms with Crippen molar-refractivity contribution in [3.8, 4) is 16.9 Å². The number of methoxy groups -OCH3 is 1. The molecule has 1 heterocycles. The quantitative estimate of drug-likeness (QED) is 0.468. The van der Waals surface area contributed by atoms with E-state index in [4.69, 9.17) is 9.72 Å². The smallest absolute Gasteiger partial charge is 0.276 e. The van der Waals surface area contributed by atoms with E-state index in [1.807, 2.05) is 67.6 Å². The van der Waals surface area contributed by atoms with Gasteiger partial charge in [-0.05, 0) is 53.9 Å². The first-order valence-electron chi connectivity index (χ1n) is 9.47. The lowest BCUT2D eigenvalue weighted by molar-refractivity contribution is 0.0988. The maximum absolute atomic E-state index is 13.4. The van der Waals surface area contributed by atoms with E-state index in [9.17, 15) is 4.79 Å². The molecule has 4 aromatic rings. The lowest BCUT2D eigenvalue weighted by atomic mass is 9.94. The highest BCUT2D eigenvalue weighted by atomic mass is 16.5. The molecule has 3 aromatic carbocycles. The summed E-state index contributed by atoms with van der Waals surface area (Å²) in [4.78, 5) is 19.7. The van der Waals surface area contributed by atoms with E-state index in [0.717, 1.165) is 39.0 Å². The summed E-state index contributed by atoms with van der Waals surface area (Å²) < 4.78 is 5.21. The topological polar surface area (TPSA) is 42.4 Å². The number of aromatic nitrogens is 1. The first kappa shape index (κ1) is 18.7. The number of carbonyl (C=O) groups is 1. The molecule has 0 aliphatic heterocycles. The van der Waals surface area contributed by atoms with Crippen LogP contribution in [0, 0.1) is 6.92 Å². The third-order valence-electron chi connectivity index (χ3n) is 5.17. The molecular weight excluding hydrogens is 360 g/mol. The van der Waals surface area contributed by atoms with Crippen LogP contribution in [0.4, 0.5) is 5.69 Å². The normalized spacial score (nSPS) is 10.7. The Kier molecular flexibility index (Phi) is 5.00. The predicted octanol–water partition coefficient (Wildman–Crippen LogP) is 5.50. The van der Waals surface area contributed by atoms with Crippen LogP contribution < -0.4 is 9.64 Å². The van der Waals surface area contributed by atoms with Crippen LogP contribution in [0.3, 0.4) is 0 Å². The average molecular weight is 382 g/mol. The number of nitrogens with zero attached hydrogens (tertiary/aromatic N) is 2. The summed E-state index contributed by atoms with van der Waals surface area (Å²) in [6.07, 6.45) is 0. The molecule has 0 radical (unpaired) electrons. The first-order valence-corrected chi connectivity index (χ1v) is 9.47. The van der Waals surface area contributed by atoms with Crippen molar-refractivity contribution in [2.24, 2.45) is 0 Å². The van der Waals surface area contributed by atoms with E-state index >= 15 is 0 Å². The Bertz CT molecular complexity index is 1170. The minimum atomic E-state index is -0.143. The van der Waals surface area contributed by atoms with Gasteiger partial charge in [0.15, 0.2) is 0 Å². The van der Waals surface area contributed by atoms with E-state index in [1.54, 1.807) is 19.1 Å². The lowest BCUT2D eigenvalue weighted by Gasteiger charge is -2.20. The monoisotopic (exact) mass is 382 g/mol. The number of carbonyl (C=O) groups excluding carboxylic acids is 1. The van der Waals surface area contributed by atoms with Crippen molar-refractivity contribution in [1.29, 1.82) is 0 Å². The second-order valence-electron chi connectivity index (χ2n) is 6.91. The maximum Gasteiger partial charge on any atom is 0.276 e. The highest BCUT2D eigenvalue weighted by molar-refractivity contribution is 6.09. The Morgan fingerprint density at radius 3 is 2.24 bits per heavy atom. The van der Waals surface area contributed by atoms with Crippen molar-refractivity contribution in [3.05, 3.63) is 90.1 Å². The largest absolute Gasteiger partial charge is 0.497 e. The van der Waals surface area contributed by atoms with Gasteiger partial charge in [-0.1, -0.05) is 48.5 Å². The first-order chi connectivity index (χ1) is 14.1. The number of pyridine rings is 1. The lowest BCUT2D eigenvalue weighted by Crippen LogP contribution is -2.28. The van der Waals surface area contributed by atoms with Crippen molar-refractivity contribution in [3.63, 3.8) is 0 Å². The van der Waals surface area contributed by atoms with Gasteiger partial charge < -0.3 is 9.64 Å². The van der Waals surface area contributed by atoms with Crippen LogP contribution in [0.2, 0.25) is 0 Å². The van der Waals surface area contributed by atoms with Gasteiger partial charge in [0.05, 0.1) is 12.6 Å². The second-order valence-corrected chi connectivity index (χ2v) is 6.91. The molecule has 0 atom stereocenters. The van der Waals surface area contributed by atoms with Crippen LogP contribution in [0.15, 0.2) is 78.9 Å². The zero-order chi connectivity index (χ0) is 20.4. The Morgan fingerprint density at radius 1 is 0.897 bits per heavy atom. The van der Waals surface area contributed by atoms with Gasteiger partial charge in [0.2, 0.25) is 0 Å². The summed E-state index contributed by atoms with van der Waals surface area (Å²) >= 11 is 0. The van der Waals surface area contributed by atoms with E-state index < -0.39 is 0 Å². The van der Waals surface area contributed by atoms with Gasteiger partial charge in [0.25, 0.3) is 5.91 Å². The van der Waals surface area contributed by atoms with Gasteiger partial charge in [-0.25, -0.2) is 4.98 Å². The number of benzene rings is 3. The number of rotatable bonds is 4. The summed E-state index contributed by atoms with van der Waals surface area (Å²) in [5.41, 5.74) is 5.04. The molecule has 0 aliphatic rings. The van der Waals surface area contributed by atoms with Crippen LogP contribution in [0.5, 0.6) is 5.75 Å². The number of fused-ring (bicyclic) bond motifs is 1. The molecule has 0 fully saturated rings. The Hall–Kier alpha value is -3.66. The molecule has 1 aromatic heterocycles. The van der Waals surface area contributed by atoms with Crippen LogP contribution in [0.1, 0.15) is 16.1 Å². The van der Waals surface area contributed by atoms with Gasteiger partial charge in [-0.3, -0.25) is 4.79 Å². The number of para-hydroxylation sites is 1. The summed E-state index contributed by atoms with van der Waals surface area (Å²) in [6, 6.07) is 25.5. The van der Waals surface area contributed by atoms with Crippen molar-refractivity contribution in [2.45, 2.75) is 6.92 Å². The maximum atomic E-state index is 13.4. The minimum Gasteiger partial charge on any atom is -0.497 e. The Balaban J connectivity index is 1.85. The van der Waals surface area contributed by atoms with Gasteiger partial charge in [-0.2, -0.15) is 0 Å². The average Bonchev–Trinajstić information content (AvgIpc) is 2.78. The summed E-state index contributed by atoms with van der Waals surface area (Å²) in [7, 11) is 3.39. The van der Waals surface area contributed by atoms with Crippen LogP contribution in [0.25, 0.3) is 22.0 Å². The molecular formula is C25H22N2O2. The number of hydrogen-bond acceptors (Lipinski definition) is 3. The molecule has 0 bridgehead atoms.